The van der Waals surface area contributed by atoms with Crippen LogP contribution >= 0.6 is 0 Å². The summed E-state index contributed by atoms with van der Waals surface area (Å²) in [5.74, 6) is 1.79. The van der Waals surface area contributed by atoms with Crippen LogP contribution in [-0.4, -0.2) is 32.9 Å². The number of nitrogens with zero attached hydrogens (tertiary/aromatic N) is 2. The van der Waals surface area contributed by atoms with E-state index in [4.69, 9.17) is 0 Å². The average Bonchev–Trinajstić information content (AvgIpc) is 3.44. The molecule has 6 nitrogen and oxygen atoms in total. The molecule has 4 aliphatic carbocycles. The van der Waals surface area contributed by atoms with Crippen molar-refractivity contribution in [2.45, 2.75) is 56.8 Å². The lowest BCUT2D eigenvalue weighted by molar-refractivity contribution is -0.143. The molecule has 2 aromatic heterocycles. The van der Waals surface area contributed by atoms with Crippen LogP contribution in [0.15, 0.2) is 24.4 Å². The van der Waals surface area contributed by atoms with Crippen molar-refractivity contribution in [2.75, 3.05) is 6.54 Å². The summed E-state index contributed by atoms with van der Waals surface area (Å²) in [6, 6.07) is 5.47. The fourth-order valence-electron chi connectivity index (χ4n) is 6.37. The van der Waals surface area contributed by atoms with Crippen molar-refractivity contribution in [1.29, 1.82) is 0 Å². The lowest BCUT2D eigenvalue weighted by Gasteiger charge is -2.22. The van der Waals surface area contributed by atoms with Crippen LogP contribution < -0.4 is 5.32 Å². The second-order valence-electron chi connectivity index (χ2n) is 10.0. The molecule has 152 valence electrons. The molecular formula is C23H27N3O3. The van der Waals surface area contributed by atoms with Crippen LogP contribution in [0.3, 0.4) is 0 Å². The molecule has 29 heavy (non-hydrogen) atoms. The van der Waals surface area contributed by atoms with E-state index in [1.807, 2.05) is 12.1 Å². The molecule has 4 atom stereocenters. The van der Waals surface area contributed by atoms with E-state index in [0.717, 1.165) is 37.1 Å². The summed E-state index contributed by atoms with van der Waals surface area (Å²) < 4.78 is 1.77. The number of carboxylic acids is 1. The van der Waals surface area contributed by atoms with Gasteiger partial charge in [0, 0.05) is 12.7 Å². The third kappa shape index (κ3) is 2.57. The summed E-state index contributed by atoms with van der Waals surface area (Å²) in [5.41, 5.74) is 1.19. The predicted octanol–water partition coefficient (Wildman–Crippen LogP) is 3.40. The largest absolute Gasteiger partial charge is 0.481 e. The van der Waals surface area contributed by atoms with Crippen LogP contribution in [0.4, 0.5) is 0 Å². The highest BCUT2D eigenvalue weighted by Gasteiger charge is 2.63. The van der Waals surface area contributed by atoms with Gasteiger partial charge in [0.2, 0.25) is 0 Å². The quantitative estimate of drug-likeness (QED) is 0.816. The fraction of sp³-hybridized carbons (Fsp3) is 0.609. The normalized spacial score (nSPS) is 33.7. The van der Waals surface area contributed by atoms with Gasteiger partial charge in [-0.25, -0.2) is 4.98 Å². The van der Waals surface area contributed by atoms with Gasteiger partial charge in [-0.05, 0) is 73.8 Å². The zero-order valence-corrected chi connectivity index (χ0v) is 16.6. The van der Waals surface area contributed by atoms with Crippen LogP contribution in [0.5, 0.6) is 0 Å². The molecule has 4 fully saturated rings. The van der Waals surface area contributed by atoms with Crippen molar-refractivity contribution in [2.24, 2.45) is 23.2 Å². The summed E-state index contributed by atoms with van der Waals surface area (Å²) in [6.07, 6.45) is 10.1. The van der Waals surface area contributed by atoms with Crippen molar-refractivity contribution >= 4 is 17.5 Å². The van der Waals surface area contributed by atoms with Crippen LogP contribution in [0, 0.1) is 23.2 Å². The van der Waals surface area contributed by atoms with E-state index in [9.17, 15) is 14.7 Å². The molecule has 0 aromatic carbocycles. The maximum atomic E-state index is 13.0. The molecule has 1 amide bonds. The summed E-state index contributed by atoms with van der Waals surface area (Å²) in [4.78, 5) is 29.7. The average molecular weight is 393 g/mol. The van der Waals surface area contributed by atoms with Gasteiger partial charge >= 0.3 is 5.97 Å². The first-order chi connectivity index (χ1) is 14.0. The SMILES string of the molecule is O=C(NCC12CC3CC3CC1C2)c1cccc2nc(C3(C(=O)O)CCCC3)cn12. The lowest BCUT2D eigenvalue weighted by Crippen LogP contribution is -2.33. The Balaban J connectivity index is 1.26. The number of fused-ring (bicyclic) bond motifs is 3. The first kappa shape index (κ1) is 17.5. The number of rotatable bonds is 5. The van der Waals surface area contributed by atoms with Crippen molar-refractivity contribution in [3.63, 3.8) is 0 Å². The highest BCUT2D eigenvalue weighted by Crippen LogP contribution is 2.70. The standard InChI is InChI=1S/C23H27N3O3/c27-20(24-13-22-10-15-8-14(15)9-16(22)11-22)17-4-3-5-19-25-18(12-26(17)19)23(21(28)29)6-1-2-7-23/h3-5,12,14-16H,1-2,6-11,13H2,(H,24,27)(H,28,29). The number of amides is 1. The molecule has 4 unspecified atom stereocenters. The summed E-state index contributed by atoms with van der Waals surface area (Å²) in [7, 11) is 0. The highest BCUT2D eigenvalue weighted by atomic mass is 16.4. The van der Waals surface area contributed by atoms with E-state index in [1.165, 1.54) is 25.7 Å². The number of pyridine rings is 1. The molecule has 4 aliphatic rings. The number of aromatic nitrogens is 2. The molecule has 2 N–H and O–H groups in total. The molecule has 6 heteroatoms. The fourth-order valence-corrected chi connectivity index (χ4v) is 6.37. The minimum Gasteiger partial charge on any atom is -0.481 e. The number of hydrogen-bond acceptors (Lipinski definition) is 3. The van der Waals surface area contributed by atoms with Crippen LogP contribution in [0.2, 0.25) is 0 Å². The van der Waals surface area contributed by atoms with E-state index < -0.39 is 11.4 Å². The zero-order valence-electron chi connectivity index (χ0n) is 16.6. The zero-order chi connectivity index (χ0) is 19.8. The monoisotopic (exact) mass is 393 g/mol. The van der Waals surface area contributed by atoms with E-state index in [0.29, 0.717) is 35.3 Å². The molecule has 0 radical (unpaired) electrons. The predicted molar refractivity (Wildman–Crippen MR) is 107 cm³/mol. The third-order valence-electron chi connectivity index (χ3n) is 8.37. The second-order valence-corrected chi connectivity index (χ2v) is 10.0. The Morgan fingerprint density at radius 1 is 1.17 bits per heavy atom. The second kappa shape index (κ2) is 5.83. The number of imidazole rings is 1. The smallest absolute Gasteiger partial charge is 0.315 e. The summed E-state index contributed by atoms with van der Waals surface area (Å²) in [5, 5.41) is 13.1. The molecule has 0 bridgehead atoms. The maximum Gasteiger partial charge on any atom is 0.315 e. The number of hydrogen-bond donors (Lipinski definition) is 2. The number of carbonyl (C=O) groups is 2. The summed E-state index contributed by atoms with van der Waals surface area (Å²) >= 11 is 0. The molecule has 0 aliphatic heterocycles. The Labute approximate surface area is 169 Å². The Hall–Kier alpha value is -2.37. The molecule has 2 heterocycles. The van der Waals surface area contributed by atoms with Gasteiger partial charge in [0.15, 0.2) is 0 Å². The van der Waals surface area contributed by atoms with Crippen LogP contribution in [-0.2, 0) is 10.2 Å². The van der Waals surface area contributed by atoms with Crippen molar-refractivity contribution in [3.05, 3.63) is 35.8 Å². The van der Waals surface area contributed by atoms with E-state index in [1.54, 1.807) is 16.7 Å². The molecular weight excluding hydrogens is 366 g/mol. The Morgan fingerprint density at radius 2 is 2.00 bits per heavy atom. The van der Waals surface area contributed by atoms with Gasteiger partial charge in [-0.1, -0.05) is 18.9 Å². The van der Waals surface area contributed by atoms with Crippen molar-refractivity contribution in [1.82, 2.24) is 14.7 Å². The summed E-state index contributed by atoms with van der Waals surface area (Å²) in [6.45, 7) is 0.761. The number of aliphatic carboxylic acids is 1. The van der Waals surface area contributed by atoms with Crippen molar-refractivity contribution in [3.8, 4) is 0 Å². The molecule has 0 spiro atoms. The first-order valence-corrected chi connectivity index (χ1v) is 11.0. The van der Waals surface area contributed by atoms with E-state index >= 15 is 0 Å². The Morgan fingerprint density at radius 3 is 2.79 bits per heavy atom. The minimum atomic E-state index is -0.914. The molecule has 0 saturated heterocycles. The van der Waals surface area contributed by atoms with Crippen molar-refractivity contribution < 1.29 is 14.7 Å². The van der Waals surface area contributed by atoms with Gasteiger partial charge in [-0.3, -0.25) is 14.0 Å². The van der Waals surface area contributed by atoms with Gasteiger partial charge in [-0.15, -0.1) is 0 Å². The van der Waals surface area contributed by atoms with Crippen LogP contribution in [0.25, 0.3) is 5.65 Å². The third-order valence-corrected chi connectivity index (χ3v) is 8.37. The van der Waals surface area contributed by atoms with Gasteiger partial charge in [0.1, 0.15) is 16.8 Å². The van der Waals surface area contributed by atoms with Gasteiger partial charge in [0.05, 0.1) is 5.69 Å². The Bertz CT molecular complexity index is 1020. The number of carbonyl (C=O) groups excluding carboxylic acids is 1. The minimum absolute atomic E-state index is 0.0895. The highest BCUT2D eigenvalue weighted by molar-refractivity contribution is 5.93. The first-order valence-electron chi connectivity index (χ1n) is 11.0. The molecule has 4 saturated carbocycles. The van der Waals surface area contributed by atoms with Gasteiger partial charge < -0.3 is 10.4 Å². The number of carboxylic acid groups (broad SMARTS) is 1. The van der Waals surface area contributed by atoms with Crippen LogP contribution in [0.1, 0.15) is 67.5 Å². The van der Waals surface area contributed by atoms with Gasteiger partial charge in [-0.2, -0.15) is 0 Å². The Kier molecular flexibility index (Phi) is 3.52. The number of nitrogens with one attached hydrogen (secondary N) is 1. The molecule has 6 rings (SSSR count). The molecule has 2 aromatic rings. The lowest BCUT2D eigenvalue weighted by atomic mass is 9.83. The topological polar surface area (TPSA) is 83.7 Å². The van der Waals surface area contributed by atoms with Gasteiger partial charge in [0.25, 0.3) is 5.91 Å². The van der Waals surface area contributed by atoms with E-state index in [2.05, 4.69) is 10.3 Å². The van der Waals surface area contributed by atoms with E-state index in [-0.39, 0.29) is 5.91 Å². The maximum absolute atomic E-state index is 13.0.